The number of morpholine rings is 1. The van der Waals surface area contributed by atoms with Crippen molar-refractivity contribution in [3.63, 3.8) is 0 Å². The van der Waals surface area contributed by atoms with Gasteiger partial charge in [0.25, 0.3) is 0 Å². The molecule has 4 rings (SSSR count). The van der Waals surface area contributed by atoms with E-state index in [-0.39, 0.29) is 24.1 Å². The maximum Gasteiger partial charge on any atom is 0.317 e. The second-order valence-electron chi connectivity index (χ2n) is 8.73. The molecular weight excluding hydrogens is 409 g/mol. The first-order valence-corrected chi connectivity index (χ1v) is 11.3. The van der Waals surface area contributed by atoms with E-state index >= 15 is 0 Å². The van der Waals surface area contributed by atoms with Gasteiger partial charge in [-0.05, 0) is 43.2 Å². The van der Waals surface area contributed by atoms with Crippen LogP contribution >= 0.6 is 0 Å². The Morgan fingerprint density at radius 2 is 1.88 bits per heavy atom. The molecule has 32 heavy (non-hydrogen) atoms. The average molecular weight is 442 g/mol. The normalized spacial score (nSPS) is 22.1. The fourth-order valence-electron chi connectivity index (χ4n) is 4.44. The van der Waals surface area contributed by atoms with Crippen LogP contribution in [0.5, 0.6) is 0 Å². The predicted octanol–water partition coefficient (Wildman–Crippen LogP) is 2.86. The van der Waals surface area contributed by atoms with E-state index in [1.807, 2.05) is 42.0 Å². The molecule has 2 aromatic rings. The van der Waals surface area contributed by atoms with Gasteiger partial charge >= 0.3 is 6.03 Å². The minimum absolute atomic E-state index is 0.0712. The van der Waals surface area contributed by atoms with Gasteiger partial charge in [0.2, 0.25) is 0 Å². The van der Waals surface area contributed by atoms with Crippen LogP contribution < -0.4 is 10.2 Å². The molecule has 1 aromatic carbocycles. The summed E-state index contributed by atoms with van der Waals surface area (Å²) in [5.41, 5.74) is 2.52. The Bertz CT molecular complexity index is 895. The van der Waals surface area contributed by atoms with Crippen LogP contribution in [0.3, 0.4) is 0 Å². The van der Waals surface area contributed by atoms with Crippen LogP contribution in [0, 0.1) is 5.82 Å². The Kier molecular flexibility index (Phi) is 7.22. The van der Waals surface area contributed by atoms with E-state index in [9.17, 15) is 9.18 Å². The summed E-state index contributed by atoms with van der Waals surface area (Å²) in [5, 5.41) is 2.93. The van der Waals surface area contributed by atoms with Crippen molar-refractivity contribution < 1.29 is 13.9 Å². The molecule has 1 N–H and O–H groups in total. The standard InChI is InChI=1S/C24H32FN5O2/c1-18-15-30(16-19(2)32-18)23-6-5-20(12-22(23)25)14-27-24(31)29-10-8-28(9-11-29)17-21-4-3-7-26-13-21/h3-7,12-13,18-19H,8-11,14-17H2,1-2H3,(H,27,31). The van der Waals surface area contributed by atoms with Gasteiger partial charge in [-0.1, -0.05) is 12.1 Å². The van der Waals surface area contributed by atoms with Gasteiger partial charge in [0.15, 0.2) is 0 Å². The second kappa shape index (κ2) is 10.3. The SMILES string of the molecule is CC1CN(c2ccc(CNC(=O)N3CCN(Cc4cccnc4)CC3)cc2F)CC(C)O1. The topological polar surface area (TPSA) is 60.9 Å². The van der Waals surface area contributed by atoms with Crippen LogP contribution in [0.1, 0.15) is 25.0 Å². The lowest BCUT2D eigenvalue weighted by atomic mass is 10.1. The van der Waals surface area contributed by atoms with Crippen LogP contribution in [0.4, 0.5) is 14.9 Å². The fraction of sp³-hybridized carbons (Fsp3) is 0.500. The minimum Gasteiger partial charge on any atom is -0.372 e. The van der Waals surface area contributed by atoms with Gasteiger partial charge in [0.1, 0.15) is 5.82 Å². The third-order valence-electron chi connectivity index (χ3n) is 6.00. The van der Waals surface area contributed by atoms with Crippen LogP contribution in [0.15, 0.2) is 42.7 Å². The molecule has 0 bridgehead atoms. The number of nitrogens with zero attached hydrogens (tertiary/aromatic N) is 4. The number of benzene rings is 1. The van der Waals surface area contributed by atoms with E-state index in [0.29, 0.717) is 38.4 Å². The zero-order chi connectivity index (χ0) is 22.5. The number of carbonyl (C=O) groups is 1. The van der Waals surface area contributed by atoms with Crippen molar-refractivity contribution in [2.75, 3.05) is 44.2 Å². The molecule has 8 heteroatoms. The molecule has 172 valence electrons. The lowest BCUT2D eigenvalue weighted by Gasteiger charge is -2.37. The minimum atomic E-state index is -0.262. The summed E-state index contributed by atoms with van der Waals surface area (Å²) in [4.78, 5) is 22.9. The number of nitrogens with one attached hydrogen (secondary N) is 1. The first-order chi connectivity index (χ1) is 15.5. The van der Waals surface area contributed by atoms with Crippen molar-refractivity contribution in [1.29, 1.82) is 0 Å². The lowest BCUT2D eigenvalue weighted by molar-refractivity contribution is -0.00539. The molecule has 2 aliphatic heterocycles. The number of halogens is 1. The summed E-state index contributed by atoms with van der Waals surface area (Å²) < 4.78 is 20.5. The number of anilines is 1. The molecule has 2 atom stereocenters. The highest BCUT2D eigenvalue weighted by molar-refractivity contribution is 5.74. The fourth-order valence-corrected chi connectivity index (χ4v) is 4.44. The molecule has 2 fully saturated rings. The van der Waals surface area contributed by atoms with E-state index < -0.39 is 0 Å². The number of rotatable bonds is 5. The van der Waals surface area contributed by atoms with Crippen molar-refractivity contribution in [2.24, 2.45) is 0 Å². The van der Waals surface area contributed by atoms with Crippen LogP contribution in [0.2, 0.25) is 0 Å². The van der Waals surface area contributed by atoms with Gasteiger partial charge in [-0.3, -0.25) is 9.88 Å². The van der Waals surface area contributed by atoms with E-state index in [0.717, 1.165) is 25.2 Å². The molecule has 2 aliphatic rings. The third-order valence-corrected chi connectivity index (χ3v) is 6.00. The van der Waals surface area contributed by atoms with Crippen molar-refractivity contribution in [1.82, 2.24) is 20.1 Å². The first kappa shape index (κ1) is 22.5. The number of pyridine rings is 1. The number of ether oxygens (including phenoxy) is 1. The monoisotopic (exact) mass is 441 g/mol. The molecule has 0 radical (unpaired) electrons. The van der Waals surface area contributed by atoms with Gasteiger partial charge < -0.3 is 19.9 Å². The van der Waals surface area contributed by atoms with Crippen LogP contribution in [0.25, 0.3) is 0 Å². The van der Waals surface area contributed by atoms with E-state index in [4.69, 9.17) is 4.74 Å². The number of aromatic nitrogens is 1. The zero-order valence-corrected chi connectivity index (χ0v) is 18.8. The van der Waals surface area contributed by atoms with Gasteiger partial charge in [-0.15, -0.1) is 0 Å². The molecule has 0 spiro atoms. The van der Waals surface area contributed by atoms with E-state index in [2.05, 4.69) is 21.3 Å². The Labute approximate surface area is 189 Å². The number of carbonyl (C=O) groups excluding carboxylic acids is 1. The van der Waals surface area contributed by atoms with Crippen LogP contribution in [-0.4, -0.2) is 72.3 Å². The van der Waals surface area contributed by atoms with Gasteiger partial charge in [0, 0.05) is 64.8 Å². The number of amides is 2. The van der Waals surface area contributed by atoms with Crippen molar-refractivity contribution in [2.45, 2.75) is 39.1 Å². The Balaban J connectivity index is 1.25. The maximum atomic E-state index is 14.8. The molecular formula is C24H32FN5O2. The second-order valence-corrected chi connectivity index (χ2v) is 8.73. The predicted molar refractivity (Wildman–Crippen MR) is 122 cm³/mol. The zero-order valence-electron chi connectivity index (χ0n) is 18.8. The highest BCUT2D eigenvalue weighted by Crippen LogP contribution is 2.24. The quantitative estimate of drug-likeness (QED) is 0.773. The average Bonchev–Trinajstić information content (AvgIpc) is 2.78. The maximum absolute atomic E-state index is 14.8. The molecule has 3 heterocycles. The Morgan fingerprint density at radius 1 is 1.12 bits per heavy atom. The number of urea groups is 1. The Hall–Kier alpha value is -2.71. The largest absolute Gasteiger partial charge is 0.372 e. The molecule has 0 aliphatic carbocycles. The molecule has 2 saturated heterocycles. The number of hydrogen-bond acceptors (Lipinski definition) is 5. The smallest absolute Gasteiger partial charge is 0.317 e. The Morgan fingerprint density at radius 3 is 2.53 bits per heavy atom. The molecule has 1 aromatic heterocycles. The number of hydrogen-bond donors (Lipinski definition) is 1. The summed E-state index contributed by atoms with van der Waals surface area (Å²) >= 11 is 0. The van der Waals surface area contributed by atoms with Gasteiger partial charge in [-0.2, -0.15) is 0 Å². The van der Waals surface area contributed by atoms with E-state index in [1.165, 1.54) is 11.6 Å². The summed E-state index contributed by atoms with van der Waals surface area (Å²) in [6, 6.07) is 9.11. The lowest BCUT2D eigenvalue weighted by Crippen LogP contribution is -2.51. The highest BCUT2D eigenvalue weighted by Gasteiger charge is 2.25. The summed E-state index contributed by atoms with van der Waals surface area (Å²) in [6.45, 7) is 9.49. The van der Waals surface area contributed by atoms with Gasteiger partial charge in [-0.25, -0.2) is 9.18 Å². The van der Waals surface area contributed by atoms with Crippen molar-refractivity contribution in [3.05, 3.63) is 59.7 Å². The summed E-state index contributed by atoms with van der Waals surface area (Å²) in [7, 11) is 0. The molecule has 2 unspecified atom stereocenters. The van der Waals surface area contributed by atoms with Crippen molar-refractivity contribution >= 4 is 11.7 Å². The number of piperazine rings is 1. The first-order valence-electron chi connectivity index (χ1n) is 11.3. The summed E-state index contributed by atoms with van der Waals surface area (Å²) in [5.74, 6) is -0.262. The third kappa shape index (κ3) is 5.75. The van der Waals surface area contributed by atoms with Gasteiger partial charge in [0.05, 0.1) is 17.9 Å². The van der Waals surface area contributed by atoms with Crippen molar-refractivity contribution in [3.8, 4) is 0 Å². The molecule has 7 nitrogen and oxygen atoms in total. The molecule has 0 saturated carbocycles. The van der Waals surface area contributed by atoms with Crippen LogP contribution in [-0.2, 0) is 17.8 Å². The highest BCUT2D eigenvalue weighted by atomic mass is 19.1. The summed E-state index contributed by atoms with van der Waals surface area (Å²) in [6.07, 6.45) is 3.79. The van der Waals surface area contributed by atoms with E-state index in [1.54, 1.807) is 12.3 Å². The molecule has 2 amide bonds.